The quantitative estimate of drug-likeness (QED) is 0.648. The van der Waals surface area contributed by atoms with Gasteiger partial charge in [0.15, 0.2) is 13.5 Å². The van der Waals surface area contributed by atoms with E-state index in [1.54, 1.807) is 0 Å². The van der Waals surface area contributed by atoms with E-state index in [1.165, 1.54) is 5.56 Å². The van der Waals surface area contributed by atoms with Crippen LogP contribution in [0.5, 0.6) is 0 Å². The zero-order valence-corrected chi connectivity index (χ0v) is 16.3. The molecular weight excluding hydrogens is 320 g/mol. The summed E-state index contributed by atoms with van der Waals surface area (Å²) in [6, 6.07) is 24.8. The SMILES string of the molecule is Cc1cc(C)c(C(=O)[Si](C)(c2ccccc2)c2ccccc2)c(C)c1. The number of benzene rings is 3. The second-order valence-corrected chi connectivity index (χ2v) is 10.8. The van der Waals surface area contributed by atoms with Crippen molar-refractivity contribution in [1.82, 2.24) is 0 Å². The number of aryl methyl sites for hydroxylation is 3. The number of rotatable bonds is 4. The van der Waals surface area contributed by atoms with Crippen LogP contribution in [0.1, 0.15) is 27.0 Å². The van der Waals surface area contributed by atoms with E-state index < -0.39 is 8.07 Å². The topological polar surface area (TPSA) is 17.1 Å². The molecule has 1 nitrogen and oxygen atoms in total. The first-order valence-corrected chi connectivity index (χ1v) is 11.2. The van der Waals surface area contributed by atoms with Crippen molar-refractivity contribution in [1.29, 1.82) is 0 Å². The predicted molar refractivity (Wildman–Crippen MR) is 109 cm³/mol. The van der Waals surface area contributed by atoms with Gasteiger partial charge in [-0.3, -0.25) is 4.79 Å². The van der Waals surface area contributed by atoms with Crippen molar-refractivity contribution >= 4 is 23.9 Å². The van der Waals surface area contributed by atoms with E-state index in [1.807, 2.05) is 36.4 Å². The van der Waals surface area contributed by atoms with E-state index in [9.17, 15) is 4.79 Å². The van der Waals surface area contributed by atoms with Crippen LogP contribution in [0.2, 0.25) is 6.55 Å². The normalized spacial score (nSPS) is 11.4. The Hall–Kier alpha value is -2.45. The van der Waals surface area contributed by atoms with Crippen molar-refractivity contribution < 1.29 is 4.79 Å². The number of carbonyl (C=O) groups excluding carboxylic acids is 1. The smallest absolute Gasteiger partial charge is 0.197 e. The zero-order valence-electron chi connectivity index (χ0n) is 15.3. The highest BCUT2D eigenvalue weighted by atomic mass is 28.3. The molecule has 3 aromatic carbocycles. The molecule has 0 aliphatic rings. The fraction of sp³-hybridized carbons (Fsp3) is 0.174. The van der Waals surface area contributed by atoms with Crippen molar-refractivity contribution in [2.75, 3.05) is 0 Å². The summed E-state index contributed by atoms with van der Waals surface area (Å²) < 4.78 is 0. The Morgan fingerprint density at radius 1 is 0.720 bits per heavy atom. The summed E-state index contributed by atoms with van der Waals surface area (Å²) in [5.74, 6) is 0. The maximum Gasteiger partial charge on any atom is 0.197 e. The van der Waals surface area contributed by atoms with Gasteiger partial charge in [-0.05, 0) is 42.3 Å². The lowest BCUT2D eigenvalue weighted by molar-refractivity contribution is 0.107. The first-order chi connectivity index (χ1) is 11.9. The van der Waals surface area contributed by atoms with Crippen molar-refractivity contribution in [3.63, 3.8) is 0 Å². The Labute approximate surface area is 151 Å². The fourth-order valence-electron chi connectivity index (χ4n) is 3.76. The summed E-state index contributed by atoms with van der Waals surface area (Å²) in [6.07, 6.45) is 0. The molecule has 0 aliphatic carbocycles. The Balaban J connectivity index is 2.25. The van der Waals surface area contributed by atoms with Gasteiger partial charge in [-0.1, -0.05) is 84.9 Å². The lowest BCUT2D eigenvalue weighted by atomic mass is 10.0. The molecule has 0 saturated heterocycles. The minimum atomic E-state index is -2.56. The van der Waals surface area contributed by atoms with Crippen molar-refractivity contribution in [3.05, 3.63) is 95.1 Å². The van der Waals surface area contributed by atoms with Crippen LogP contribution >= 0.6 is 0 Å². The third kappa shape index (κ3) is 3.10. The summed E-state index contributed by atoms with van der Waals surface area (Å²) in [5, 5.41) is 2.61. The van der Waals surface area contributed by atoms with Gasteiger partial charge in [-0.25, -0.2) is 0 Å². The first kappa shape index (κ1) is 17.4. The lowest BCUT2D eigenvalue weighted by Gasteiger charge is -2.28. The van der Waals surface area contributed by atoms with E-state index >= 15 is 0 Å². The van der Waals surface area contributed by atoms with E-state index in [0.29, 0.717) is 5.41 Å². The van der Waals surface area contributed by atoms with E-state index in [-0.39, 0.29) is 0 Å². The van der Waals surface area contributed by atoms with Crippen LogP contribution in [-0.4, -0.2) is 13.5 Å². The van der Waals surface area contributed by atoms with Crippen LogP contribution in [0.15, 0.2) is 72.8 Å². The van der Waals surface area contributed by atoms with Gasteiger partial charge < -0.3 is 0 Å². The monoisotopic (exact) mass is 344 g/mol. The Kier molecular flexibility index (Phi) is 4.73. The molecule has 0 fully saturated rings. The summed E-state index contributed by atoms with van der Waals surface area (Å²) in [7, 11) is -2.56. The minimum absolute atomic E-state index is 0.292. The molecule has 0 radical (unpaired) electrons. The molecule has 0 aliphatic heterocycles. The zero-order chi connectivity index (χ0) is 18.0. The van der Waals surface area contributed by atoms with Crippen molar-refractivity contribution in [3.8, 4) is 0 Å². The largest absolute Gasteiger partial charge is 0.299 e. The molecule has 0 N–H and O–H groups in total. The molecule has 3 aromatic rings. The molecule has 0 saturated carbocycles. The third-order valence-corrected chi connectivity index (χ3v) is 9.19. The van der Waals surface area contributed by atoms with Crippen LogP contribution in [0.3, 0.4) is 0 Å². The average molecular weight is 345 g/mol. The van der Waals surface area contributed by atoms with Gasteiger partial charge >= 0.3 is 0 Å². The van der Waals surface area contributed by atoms with Crippen molar-refractivity contribution in [2.45, 2.75) is 27.3 Å². The van der Waals surface area contributed by atoms with E-state index in [0.717, 1.165) is 27.1 Å². The van der Waals surface area contributed by atoms with Crippen LogP contribution < -0.4 is 10.4 Å². The van der Waals surface area contributed by atoms with E-state index in [2.05, 4.69) is 63.7 Å². The van der Waals surface area contributed by atoms with Gasteiger partial charge in [0, 0.05) is 5.56 Å². The van der Waals surface area contributed by atoms with Gasteiger partial charge in [-0.2, -0.15) is 0 Å². The molecule has 0 amide bonds. The maximum atomic E-state index is 13.9. The Morgan fingerprint density at radius 3 is 1.52 bits per heavy atom. The van der Waals surface area contributed by atoms with Gasteiger partial charge in [0.1, 0.15) is 0 Å². The summed E-state index contributed by atoms with van der Waals surface area (Å²) >= 11 is 0. The first-order valence-electron chi connectivity index (χ1n) is 8.68. The molecule has 2 heteroatoms. The molecule has 0 spiro atoms. The molecule has 0 heterocycles. The molecule has 126 valence electrons. The second kappa shape index (κ2) is 6.81. The highest BCUT2D eigenvalue weighted by molar-refractivity contribution is 7.23. The summed E-state index contributed by atoms with van der Waals surface area (Å²) in [6.45, 7) is 8.37. The molecule has 3 rings (SSSR count). The van der Waals surface area contributed by atoms with Gasteiger partial charge in [0.05, 0.1) is 0 Å². The lowest BCUT2D eigenvalue weighted by Crippen LogP contribution is -2.62. The third-order valence-electron chi connectivity index (χ3n) is 5.06. The van der Waals surface area contributed by atoms with Crippen LogP contribution in [0.4, 0.5) is 0 Å². The van der Waals surface area contributed by atoms with Gasteiger partial charge in [0.25, 0.3) is 0 Å². The molecule has 0 aromatic heterocycles. The van der Waals surface area contributed by atoms with Crippen LogP contribution in [0.25, 0.3) is 0 Å². The molecule has 0 bridgehead atoms. The average Bonchev–Trinajstić information content (AvgIpc) is 2.61. The highest BCUT2D eigenvalue weighted by Gasteiger charge is 2.41. The Morgan fingerprint density at radius 2 is 1.12 bits per heavy atom. The standard InChI is InChI=1S/C23H24OSi/c1-17-15-18(2)22(19(3)16-17)23(24)25(4,20-11-7-5-8-12-20)21-13-9-6-10-14-21/h5-16H,1-4H3. The summed E-state index contributed by atoms with van der Waals surface area (Å²) in [4.78, 5) is 13.9. The fourth-order valence-corrected chi connectivity index (χ4v) is 7.23. The molecular formula is C23H24OSi. The Bertz CT molecular complexity index is 835. The predicted octanol–water partition coefficient (Wildman–Crippen LogP) is 4.23. The number of carbonyl (C=O) groups is 1. The number of hydrogen-bond donors (Lipinski definition) is 0. The van der Waals surface area contributed by atoms with Gasteiger partial charge in [0.2, 0.25) is 0 Å². The highest BCUT2D eigenvalue weighted by Crippen LogP contribution is 2.22. The van der Waals surface area contributed by atoms with Gasteiger partial charge in [-0.15, -0.1) is 0 Å². The molecule has 0 atom stereocenters. The maximum absolute atomic E-state index is 13.9. The van der Waals surface area contributed by atoms with Crippen molar-refractivity contribution in [2.24, 2.45) is 0 Å². The van der Waals surface area contributed by atoms with E-state index in [4.69, 9.17) is 0 Å². The molecule has 25 heavy (non-hydrogen) atoms. The summed E-state index contributed by atoms with van der Waals surface area (Å²) in [5.41, 5.74) is 4.25. The molecule has 0 unspecified atom stereocenters. The second-order valence-electron chi connectivity index (χ2n) is 6.96. The number of hydrogen-bond acceptors (Lipinski definition) is 1. The van der Waals surface area contributed by atoms with Crippen LogP contribution in [0, 0.1) is 20.8 Å². The van der Waals surface area contributed by atoms with Crippen LogP contribution in [-0.2, 0) is 0 Å². The minimum Gasteiger partial charge on any atom is -0.299 e.